The van der Waals surface area contributed by atoms with Gasteiger partial charge in [0.15, 0.2) is 5.96 Å². The van der Waals surface area contributed by atoms with Crippen LogP contribution < -0.4 is 10.6 Å². The molecule has 2 aromatic rings. The van der Waals surface area contributed by atoms with Gasteiger partial charge in [0.25, 0.3) is 0 Å². The molecule has 1 unspecified atom stereocenters. The summed E-state index contributed by atoms with van der Waals surface area (Å²) >= 11 is 1.74. The number of rotatable bonds is 6. The second-order valence-electron chi connectivity index (χ2n) is 5.86. The van der Waals surface area contributed by atoms with E-state index in [4.69, 9.17) is 0 Å². The molecule has 138 valence electrons. The SMILES string of the molecule is CN=C(NCc1sccc1C)NCC(c1ccc(F)cc1)N(C)C.I. The van der Waals surface area contributed by atoms with E-state index in [1.54, 1.807) is 18.4 Å². The van der Waals surface area contributed by atoms with Crippen molar-refractivity contribution >= 4 is 41.3 Å². The topological polar surface area (TPSA) is 39.7 Å². The van der Waals surface area contributed by atoms with Crippen molar-refractivity contribution in [1.29, 1.82) is 0 Å². The number of halogens is 2. The maximum absolute atomic E-state index is 13.1. The summed E-state index contributed by atoms with van der Waals surface area (Å²) < 4.78 is 13.1. The molecule has 1 atom stereocenters. The van der Waals surface area contributed by atoms with Gasteiger partial charge in [-0.1, -0.05) is 12.1 Å². The van der Waals surface area contributed by atoms with Crippen molar-refractivity contribution in [3.63, 3.8) is 0 Å². The Bertz CT molecular complexity index is 670. The highest BCUT2D eigenvalue weighted by atomic mass is 127. The fourth-order valence-electron chi connectivity index (χ4n) is 2.45. The Hall–Kier alpha value is -1.19. The van der Waals surface area contributed by atoms with Crippen LogP contribution in [0.2, 0.25) is 0 Å². The summed E-state index contributed by atoms with van der Waals surface area (Å²) in [7, 11) is 5.79. The van der Waals surface area contributed by atoms with Crippen LogP contribution >= 0.6 is 35.3 Å². The minimum Gasteiger partial charge on any atom is -0.354 e. The lowest BCUT2D eigenvalue weighted by molar-refractivity contribution is 0.298. The number of nitrogens with one attached hydrogen (secondary N) is 2. The standard InChI is InChI=1S/C18H25FN4S.HI/c1-13-9-10-24-17(13)12-22-18(20-2)21-11-16(23(3)4)14-5-7-15(19)8-6-14;/h5-10,16H,11-12H2,1-4H3,(H2,20,21,22);1H. The molecule has 0 spiro atoms. The number of thiophene rings is 1. The molecule has 25 heavy (non-hydrogen) atoms. The minimum absolute atomic E-state index is 0. The van der Waals surface area contributed by atoms with Crippen molar-refractivity contribution < 1.29 is 4.39 Å². The van der Waals surface area contributed by atoms with Crippen molar-refractivity contribution in [2.24, 2.45) is 4.99 Å². The lowest BCUT2D eigenvalue weighted by atomic mass is 10.1. The van der Waals surface area contributed by atoms with Crippen molar-refractivity contribution in [2.45, 2.75) is 19.5 Å². The first kappa shape index (κ1) is 21.9. The van der Waals surface area contributed by atoms with Gasteiger partial charge in [-0.05, 0) is 55.7 Å². The van der Waals surface area contributed by atoms with Crippen molar-refractivity contribution in [2.75, 3.05) is 27.7 Å². The maximum atomic E-state index is 13.1. The molecule has 1 heterocycles. The highest BCUT2D eigenvalue weighted by molar-refractivity contribution is 14.0. The summed E-state index contributed by atoms with van der Waals surface area (Å²) in [4.78, 5) is 7.69. The van der Waals surface area contributed by atoms with Gasteiger partial charge in [-0.2, -0.15) is 0 Å². The third-order valence-corrected chi connectivity index (χ3v) is 4.97. The van der Waals surface area contributed by atoms with E-state index in [0.717, 1.165) is 18.1 Å². The average Bonchev–Trinajstić information content (AvgIpc) is 2.97. The molecular weight excluding hydrogens is 450 g/mol. The zero-order valence-electron chi connectivity index (χ0n) is 15.0. The van der Waals surface area contributed by atoms with Gasteiger partial charge in [-0.3, -0.25) is 4.99 Å². The highest BCUT2D eigenvalue weighted by Gasteiger charge is 2.14. The fourth-order valence-corrected chi connectivity index (χ4v) is 3.29. The zero-order valence-corrected chi connectivity index (χ0v) is 18.2. The Kier molecular flexibility index (Phi) is 9.37. The van der Waals surface area contributed by atoms with Crippen LogP contribution in [0.25, 0.3) is 0 Å². The predicted octanol–water partition coefficient (Wildman–Crippen LogP) is 3.78. The van der Waals surface area contributed by atoms with Crippen LogP contribution in [0, 0.1) is 12.7 Å². The number of benzene rings is 1. The number of aliphatic imine (C=N–C) groups is 1. The number of aryl methyl sites for hydroxylation is 1. The van der Waals surface area contributed by atoms with Crippen molar-refractivity contribution in [1.82, 2.24) is 15.5 Å². The quantitative estimate of drug-likeness (QED) is 0.379. The van der Waals surface area contributed by atoms with Crippen LogP contribution in [0.3, 0.4) is 0 Å². The largest absolute Gasteiger partial charge is 0.354 e. The molecule has 2 N–H and O–H groups in total. The van der Waals surface area contributed by atoms with Gasteiger partial charge >= 0.3 is 0 Å². The molecule has 0 bridgehead atoms. The molecule has 0 amide bonds. The molecule has 7 heteroatoms. The molecule has 4 nitrogen and oxygen atoms in total. The summed E-state index contributed by atoms with van der Waals surface area (Å²) in [6, 6.07) is 8.90. The van der Waals surface area contributed by atoms with E-state index in [1.165, 1.54) is 22.6 Å². The van der Waals surface area contributed by atoms with Crippen LogP contribution in [-0.4, -0.2) is 38.5 Å². The average molecular weight is 476 g/mol. The number of hydrogen-bond donors (Lipinski definition) is 2. The first-order valence-electron chi connectivity index (χ1n) is 7.90. The van der Waals surface area contributed by atoms with E-state index in [2.05, 4.69) is 38.9 Å². The lowest BCUT2D eigenvalue weighted by Gasteiger charge is -2.26. The molecule has 0 aliphatic rings. The normalized spacial score (nSPS) is 12.6. The van der Waals surface area contributed by atoms with Crippen LogP contribution in [0.5, 0.6) is 0 Å². The molecule has 0 saturated heterocycles. The van der Waals surface area contributed by atoms with Crippen LogP contribution in [0.15, 0.2) is 40.7 Å². The summed E-state index contributed by atoms with van der Waals surface area (Å²) in [6.45, 7) is 3.55. The molecule has 0 radical (unpaired) electrons. The molecular formula is C18H26FIN4S. The van der Waals surface area contributed by atoms with Gasteiger partial charge < -0.3 is 15.5 Å². The third-order valence-electron chi connectivity index (χ3n) is 3.95. The van der Waals surface area contributed by atoms with Gasteiger partial charge in [-0.25, -0.2) is 4.39 Å². The summed E-state index contributed by atoms with van der Waals surface area (Å²) in [5.41, 5.74) is 2.36. The fraction of sp³-hybridized carbons (Fsp3) is 0.389. The Morgan fingerprint density at radius 1 is 1.20 bits per heavy atom. The molecule has 0 aliphatic carbocycles. The first-order chi connectivity index (χ1) is 11.5. The number of likely N-dealkylation sites (N-methyl/N-ethyl adjacent to an activating group) is 1. The summed E-state index contributed by atoms with van der Waals surface area (Å²) in [6.07, 6.45) is 0. The number of guanidine groups is 1. The smallest absolute Gasteiger partial charge is 0.191 e. The van der Waals surface area contributed by atoms with Crippen LogP contribution in [-0.2, 0) is 6.54 Å². The van der Waals surface area contributed by atoms with E-state index in [1.807, 2.05) is 26.2 Å². The van der Waals surface area contributed by atoms with Crippen molar-refractivity contribution in [3.05, 3.63) is 57.5 Å². The summed E-state index contributed by atoms with van der Waals surface area (Å²) in [5.74, 6) is 0.546. The van der Waals surface area contributed by atoms with E-state index in [-0.39, 0.29) is 35.8 Å². The van der Waals surface area contributed by atoms with Gasteiger partial charge in [0.1, 0.15) is 5.82 Å². The minimum atomic E-state index is -0.215. The van der Waals surface area contributed by atoms with E-state index in [0.29, 0.717) is 6.54 Å². The van der Waals surface area contributed by atoms with E-state index >= 15 is 0 Å². The molecule has 2 rings (SSSR count). The molecule has 0 fully saturated rings. The van der Waals surface area contributed by atoms with Crippen LogP contribution in [0.4, 0.5) is 4.39 Å². The Labute approximate surface area is 170 Å². The molecule has 0 aliphatic heterocycles. The number of nitrogens with zero attached hydrogens (tertiary/aromatic N) is 2. The predicted molar refractivity (Wildman–Crippen MR) is 116 cm³/mol. The Morgan fingerprint density at radius 2 is 1.88 bits per heavy atom. The first-order valence-corrected chi connectivity index (χ1v) is 8.78. The highest BCUT2D eigenvalue weighted by Crippen LogP contribution is 2.18. The van der Waals surface area contributed by atoms with E-state index in [9.17, 15) is 4.39 Å². The third kappa shape index (κ3) is 6.56. The molecule has 0 saturated carbocycles. The Balaban J connectivity index is 0.00000312. The lowest BCUT2D eigenvalue weighted by Crippen LogP contribution is -2.41. The van der Waals surface area contributed by atoms with Crippen LogP contribution in [0.1, 0.15) is 22.0 Å². The second-order valence-corrected chi connectivity index (χ2v) is 6.87. The van der Waals surface area contributed by atoms with E-state index < -0.39 is 0 Å². The Morgan fingerprint density at radius 3 is 2.40 bits per heavy atom. The van der Waals surface area contributed by atoms with Gasteiger partial charge in [-0.15, -0.1) is 35.3 Å². The van der Waals surface area contributed by atoms with Crippen molar-refractivity contribution in [3.8, 4) is 0 Å². The monoisotopic (exact) mass is 476 g/mol. The maximum Gasteiger partial charge on any atom is 0.191 e. The second kappa shape index (κ2) is 10.7. The molecule has 1 aromatic heterocycles. The zero-order chi connectivity index (χ0) is 17.5. The number of hydrogen-bond acceptors (Lipinski definition) is 3. The van der Waals surface area contributed by atoms with Gasteiger partial charge in [0.05, 0.1) is 12.6 Å². The van der Waals surface area contributed by atoms with Gasteiger partial charge in [0.2, 0.25) is 0 Å². The molecule has 1 aromatic carbocycles. The summed E-state index contributed by atoms with van der Waals surface area (Å²) in [5, 5.41) is 8.79. The van der Waals surface area contributed by atoms with Gasteiger partial charge in [0, 0.05) is 18.5 Å².